The van der Waals surface area contributed by atoms with Gasteiger partial charge >= 0.3 is 0 Å². The minimum atomic E-state index is -0.813. The van der Waals surface area contributed by atoms with E-state index < -0.39 is 11.6 Å². The van der Waals surface area contributed by atoms with Crippen molar-refractivity contribution in [3.63, 3.8) is 0 Å². The van der Waals surface area contributed by atoms with E-state index in [9.17, 15) is 8.78 Å². The highest BCUT2D eigenvalue weighted by Gasteiger charge is 2.01. The van der Waals surface area contributed by atoms with Gasteiger partial charge in [0.2, 0.25) is 0 Å². The van der Waals surface area contributed by atoms with E-state index in [1.54, 1.807) is 6.07 Å². The lowest BCUT2D eigenvalue weighted by molar-refractivity contribution is 0.286. The number of halogens is 2. The predicted molar refractivity (Wildman–Crippen MR) is 54.6 cm³/mol. The molecule has 2 nitrogen and oxygen atoms in total. The molecule has 15 heavy (non-hydrogen) atoms. The zero-order valence-electron chi connectivity index (χ0n) is 8.47. The highest BCUT2D eigenvalue weighted by molar-refractivity contribution is 5.17. The Morgan fingerprint density at radius 3 is 2.60 bits per heavy atom. The number of nitrogens with one attached hydrogen (secondary N) is 1. The minimum Gasteiger partial charge on any atom is -0.396 e. The highest BCUT2D eigenvalue weighted by Crippen LogP contribution is 2.08. The largest absolute Gasteiger partial charge is 0.396 e. The number of hydrogen-bond donors (Lipinski definition) is 2. The Balaban J connectivity index is 2.28. The smallest absolute Gasteiger partial charge is 0.159 e. The molecule has 2 N–H and O–H groups in total. The lowest BCUT2D eigenvalue weighted by Gasteiger charge is -2.04. The van der Waals surface area contributed by atoms with E-state index in [0.29, 0.717) is 19.4 Å². The van der Waals surface area contributed by atoms with Crippen LogP contribution in [0.25, 0.3) is 0 Å². The molecule has 0 amide bonds. The molecule has 0 atom stereocenters. The summed E-state index contributed by atoms with van der Waals surface area (Å²) in [5.41, 5.74) is 0.769. The quantitative estimate of drug-likeness (QED) is 0.704. The third kappa shape index (κ3) is 4.36. The Bertz CT molecular complexity index is 305. The lowest BCUT2D eigenvalue weighted by Crippen LogP contribution is -2.19. The van der Waals surface area contributed by atoms with Crippen molar-refractivity contribution < 1.29 is 13.9 Å². The first-order valence-electron chi connectivity index (χ1n) is 4.99. The first-order valence-corrected chi connectivity index (χ1v) is 4.99. The molecule has 0 fully saturated rings. The van der Waals surface area contributed by atoms with Gasteiger partial charge in [0, 0.05) is 6.61 Å². The second-order valence-corrected chi connectivity index (χ2v) is 3.33. The standard InChI is InChI=1S/C11H15F2NO/c12-10-3-2-9(8-11(10)13)4-6-14-5-1-7-15/h2-3,8,14-15H,1,4-7H2. The van der Waals surface area contributed by atoms with Crippen molar-refractivity contribution in [3.05, 3.63) is 35.4 Å². The summed E-state index contributed by atoms with van der Waals surface area (Å²) >= 11 is 0. The predicted octanol–water partition coefficient (Wildman–Crippen LogP) is 1.48. The van der Waals surface area contributed by atoms with Crippen LogP contribution in [0.1, 0.15) is 12.0 Å². The topological polar surface area (TPSA) is 32.3 Å². The molecule has 0 heterocycles. The maximum atomic E-state index is 12.8. The fraction of sp³-hybridized carbons (Fsp3) is 0.455. The van der Waals surface area contributed by atoms with Crippen LogP contribution in [0.5, 0.6) is 0 Å². The first kappa shape index (κ1) is 12.1. The van der Waals surface area contributed by atoms with E-state index in [0.717, 1.165) is 18.2 Å². The third-order valence-electron chi connectivity index (χ3n) is 2.09. The molecule has 1 aromatic rings. The molecule has 1 aromatic carbocycles. The van der Waals surface area contributed by atoms with Gasteiger partial charge < -0.3 is 10.4 Å². The Hall–Kier alpha value is -1.00. The number of rotatable bonds is 6. The molecule has 0 aromatic heterocycles. The van der Waals surface area contributed by atoms with E-state index in [1.807, 2.05) is 0 Å². The summed E-state index contributed by atoms with van der Waals surface area (Å²) in [5, 5.41) is 11.6. The van der Waals surface area contributed by atoms with Crippen molar-refractivity contribution in [2.24, 2.45) is 0 Å². The highest BCUT2D eigenvalue weighted by atomic mass is 19.2. The number of aliphatic hydroxyl groups excluding tert-OH is 1. The van der Waals surface area contributed by atoms with Crippen LogP contribution >= 0.6 is 0 Å². The fourth-order valence-corrected chi connectivity index (χ4v) is 1.26. The van der Waals surface area contributed by atoms with Crippen LogP contribution in [-0.4, -0.2) is 24.8 Å². The molecule has 0 aliphatic heterocycles. The Kier molecular flexibility index (Phi) is 5.21. The molecule has 0 aliphatic rings. The van der Waals surface area contributed by atoms with E-state index in [1.165, 1.54) is 6.07 Å². The zero-order valence-corrected chi connectivity index (χ0v) is 8.47. The van der Waals surface area contributed by atoms with Gasteiger partial charge in [-0.05, 0) is 43.6 Å². The molecule has 0 radical (unpaired) electrons. The van der Waals surface area contributed by atoms with Crippen molar-refractivity contribution >= 4 is 0 Å². The molecular weight excluding hydrogens is 200 g/mol. The van der Waals surface area contributed by atoms with Crippen LogP contribution in [-0.2, 0) is 6.42 Å². The number of benzene rings is 1. The lowest BCUT2D eigenvalue weighted by atomic mass is 10.1. The Morgan fingerprint density at radius 1 is 1.13 bits per heavy atom. The third-order valence-corrected chi connectivity index (χ3v) is 2.09. The van der Waals surface area contributed by atoms with Gasteiger partial charge in [-0.1, -0.05) is 6.07 Å². The van der Waals surface area contributed by atoms with Crippen molar-refractivity contribution in [2.75, 3.05) is 19.7 Å². The SMILES string of the molecule is OCCCNCCc1ccc(F)c(F)c1. The summed E-state index contributed by atoms with van der Waals surface area (Å²) in [6, 6.07) is 3.92. The summed E-state index contributed by atoms with van der Waals surface area (Å²) < 4.78 is 25.3. The van der Waals surface area contributed by atoms with Crippen LogP contribution in [0.3, 0.4) is 0 Å². The summed E-state index contributed by atoms with van der Waals surface area (Å²) in [5.74, 6) is -1.62. The van der Waals surface area contributed by atoms with Crippen LogP contribution < -0.4 is 5.32 Å². The Labute approximate surface area is 87.9 Å². The molecule has 84 valence electrons. The normalized spacial score (nSPS) is 10.6. The van der Waals surface area contributed by atoms with Gasteiger partial charge in [-0.2, -0.15) is 0 Å². The van der Waals surface area contributed by atoms with Crippen LogP contribution in [0.4, 0.5) is 8.78 Å². The number of hydrogen-bond acceptors (Lipinski definition) is 2. The van der Waals surface area contributed by atoms with Gasteiger partial charge in [-0.3, -0.25) is 0 Å². The van der Waals surface area contributed by atoms with Gasteiger partial charge in [0.05, 0.1) is 0 Å². The molecule has 0 spiro atoms. The molecule has 1 rings (SSSR count). The molecule has 0 aliphatic carbocycles. The van der Waals surface area contributed by atoms with Gasteiger partial charge in [0.25, 0.3) is 0 Å². The van der Waals surface area contributed by atoms with Gasteiger partial charge in [-0.15, -0.1) is 0 Å². The maximum absolute atomic E-state index is 12.8. The van der Waals surface area contributed by atoms with E-state index in [4.69, 9.17) is 5.11 Å². The zero-order chi connectivity index (χ0) is 11.1. The van der Waals surface area contributed by atoms with Crippen LogP contribution in [0, 0.1) is 11.6 Å². The molecule has 4 heteroatoms. The van der Waals surface area contributed by atoms with Crippen molar-refractivity contribution in [3.8, 4) is 0 Å². The molecule has 0 bridgehead atoms. The number of aliphatic hydroxyl groups is 1. The molecule has 0 saturated carbocycles. The summed E-state index contributed by atoms with van der Waals surface area (Å²) in [6.07, 6.45) is 1.36. The Morgan fingerprint density at radius 2 is 1.93 bits per heavy atom. The second-order valence-electron chi connectivity index (χ2n) is 3.33. The van der Waals surface area contributed by atoms with E-state index in [2.05, 4.69) is 5.32 Å². The fourth-order valence-electron chi connectivity index (χ4n) is 1.26. The average molecular weight is 215 g/mol. The van der Waals surface area contributed by atoms with Crippen LogP contribution in [0.15, 0.2) is 18.2 Å². The summed E-state index contributed by atoms with van der Waals surface area (Å²) in [7, 11) is 0. The van der Waals surface area contributed by atoms with E-state index in [-0.39, 0.29) is 6.61 Å². The van der Waals surface area contributed by atoms with Crippen molar-refractivity contribution in [1.82, 2.24) is 5.32 Å². The molecule has 0 unspecified atom stereocenters. The van der Waals surface area contributed by atoms with Gasteiger partial charge in [0.1, 0.15) is 0 Å². The van der Waals surface area contributed by atoms with Crippen molar-refractivity contribution in [1.29, 1.82) is 0 Å². The monoisotopic (exact) mass is 215 g/mol. The maximum Gasteiger partial charge on any atom is 0.159 e. The van der Waals surface area contributed by atoms with Crippen LogP contribution in [0.2, 0.25) is 0 Å². The summed E-state index contributed by atoms with van der Waals surface area (Å²) in [6.45, 7) is 1.60. The first-order chi connectivity index (χ1) is 7.24. The minimum absolute atomic E-state index is 0.165. The average Bonchev–Trinajstić information content (AvgIpc) is 2.23. The van der Waals surface area contributed by atoms with E-state index >= 15 is 0 Å². The summed E-state index contributed by atoms with van der Waals surface area (Å²) in [4.78, 5) is 0. The van der Waals surface area contributed by atoms with Gasteiger partial charge in [-0.25, -0.2) is 8.78 Å². The molecular formula is C11H15F2NO. The second kappa shape index (κ2) is 6.48. The molecule has 0 saturated heterocycles. The van der Waals surface area contributed by atoms with Gasteiger partial charge in [0.15, 0.2) is 11.6 Å². The van der Waals surface area contributed by atoms with Crippen molar-refractivity contribution in [2.45, 2.75) is 12.8 Å².